The van der Waals surface area contributed by atoms with E-state index in [4.69, 9.17) is 4.98 Å². The van der Waals surface area contributed by atoms with Crippen molar-refractivity contribution in [1.82, 2.24) is 15.2 Å². The number of nitrogens with zero attached hydrogens (tertiary/aromatic N) is 2. The summed E-state index contributed by atoms with van der Waals surface area (Å²) in [5, 5.41) is 10.0. The maximum absolute atomic E-state index is 11.6. The van der Waals surface area contributed by atoms with Gasteiger partial charge in [-0.1, -0.05) is 12.1 Å². The first-order valence-electron chi connectivity index (χ1n) is 7.62. The highest BCUT2D eigenvalue weighted by molar-refractivity contribution is 7.14. The van der Waals surface area contributed by atoms with Crippen molar-refractivity contribution < 1.29 is 4.79 Å². The minimum atomic E-state index is -0.0571. The second-order valence-corrected chi connectivity index (χ2v) is 7.24. The summed E-state index contributed by atoms with van der Waals surface area (Å²) in [5.41, 5.74) is 4.15. The van der Waals surface area contributed by atoms with E-state index < -0.39 is 0 Å². The molecule has 0 spiro atoms. The largest absolute Gasteiger partial charge is 0.355 e. The summed E-state index contributed by atoms with van der Waals surface area (Å²) in [7, 11) is 3.72. The zero-order valence-electron chi connectivity index (χ0n) is 13.7. The van der Waals surface area contributed by atoms with E-state index in [9.17, 15) is 4.79 Å². The number of nitrogens with one attached hydrogen (secondary N) is 1. The van der Waals surface area contributed by atoms with E-state index in [1.165, 1.54) is 11.1 Å². The molecule has 0 saturated heterocycles. The molecule has 1 aromatic carbocycles. The number of carbonyl (C=O) groups is 1. The number of carbonyl (C=O) groups excluding carboxylic acids is 1. The molecule has 0 bridgehead atoms. The van der Waals surface area contributed by atoms with Crippen molar-refractivity contribution in [2.75, 3.05) is 14.1 Å². The van der Waals surface area contributed by atoms with Crippen molar-refractivity contribution in [3.8, 4) is 10.6 Å². The van der Waals surface area contributed by atoms with Gasteiger partial charge in [0, 0.05) is 42.0 Å². The third kappa shape index (κ3) is 4.08. The number of thiazole rings is 1. The molecule has 6 heteroatoms. The molecule has 24 heavy (non-hydrogen) atoms. The van der Waals surface area contributed by atoms with Gasteiger partial charge < -0.3 is 5.32 Å². The zero-order valence-corrected chi connectivity index (χ0v) is 15.3. The van der Waals surface area contributed by atoms with Crippen molar-refractivity contribution in [3.05, 3.63) is 63.3 Å². The van der Waals surface area contributed by atoms with Crippen LogP contribution in [0.4, 0.5) is 0 Å². The third-order valence-electron chi connectivity index (χ3n) is 3.65. The van der Waals surface area contributed by atoms with Crippen LogP contribution in [0.1, 0.15) is 21.6 Å². The fraction of sp³-hybridized carbons (Fsp3) is 0.222. The Kier molecular flexibility index (Phi) is 5.40. The van der Waals surface area contributed by atoms with Crippen LogP contribution in [0.5, 0.6) is 0 Å². The smallest absolute Gasteiger partial charge is 0.251 e. The molecule has 1 N–H and O–H groups in total. The lowest BCUT2D eigenvalue weighted by Crippen LogP contribution is -2.19. The number of rotatable bonds is 6. The number of thiophene rings is 1. The lowest BCUT2D eigenvalue weighted by atomic mass is 10.1. The number of aromatic nitrogens is 1. The van der Waals surface area contributed by atoms with Crippen LogP contribution in [-0.4, -0.2) is 29.9 Å². The van der Waals surface area contributed by atoms with Gasteiger partial charge in [0.05, 0.1) is 5.69 Å². The Bertz CT molecular complexity index is 794. The molecule has 3 aromatic rings. The van der Waals surface area contributed by atoms with Gasteiger partial charge in [-0.15, -0.1) is 11.3 Å². The SMILES string of the molecule is CNC(=O)c1ccc(CN(C)Cc2csc(-c3ccsc3)n2)cc1. The normalized spacial score (nSPS) is 11.0. The van der Waals surface area contributed by atoms with E-state index in [1.807, 2.05) is 24.3 Å². The Morgan fingerprint density at radius 1 is 1.17 bits per heavy atom. The molecular formula is C18H19N3OS2. The standard InChI is InChI=1S/C18H19N3OS2/c1-19-17(22)14-5-3-13(4-6-14)9-21(2)10-16-12-24-18(20-16)15-7-8-23-11-15/h3-8,11-12H,9-10H2,1-2H3,(H,19,22). The Balaban J connectivity index is 1.59. The van der Waals surface area contributed by atoms with Gasteiger partial charge in [0.15, 0.2) is 0 Å². The van der Waals surface area contributed by atoms with Crippen molar-refractivity contribution in [2.45, 2.75) is 13.1 Å². The van der Waals surface area contributed by atoms with Gasteiger partial charge in [0.1, 0.15) is 5.01 Å². The Hall–Kier alpha value is -2.02. The molecule has 0 aliphatic heterocycles. The highest BCUT2D eigenvalue weighted by atomic mass is 32.1. The van der Waals surface area contributed by atoms with Crippen LogP contribution in [-0.2, 0) is 13.1 Å². The number of hydrogen-bond donors (Lipinski definition) is 1. The van der Waals surface area contributed by atoms with Crippen molar-refractivity contribution >= 4 is 28.6 Å². The van der Waals surface area contributed by atoms with Crippen LogP contribution in [0.2, 0.25) is 0 Å². The molecule has 0 aliphatic rings. The first-order valence-corrected chi connectivity index (χ1v) is 9.44. The summed E-state index contributed by atoms with van der Waals surface area (Å²) in [5.74, 6) is -0.0571. The molecule has 0 unspecified atom stereocenters. The van der Waals surface area contributed by atoms with Crippen LogP contribution < -0.4 is 5.32 Å². The summed E-state index contributed by atoms with van der Waals surface area (Å²) in [6.07, 6.45) is 0. The molecule has 2 aromatic heterocycles. The van der Waals surface area contributed by atoms with Crippen LogP contribution in [0, 0.1) is 0 Å². The lowest BCUT2D eigenvalue weighted by molar-refractivity contribution is 0.0963. The topological polar surface area (TPSA) is 45.2 Å². The minimum Gasteiger partial charge on any atom is -0.355 e. The highest BCUT2D eigenvalue weighted by Gasteiger charge is 2.09. The summed E-state index contributed by atoms with van der Waals surface area (Å²) in [6, 6.07) is 9.82. The molecule has 124 valence electrons. The lowest BCUT2D eigenvalue weighted by Gasteiger charge is -2.15. The van der Waals surface area contributed by atoms with Crippen LogP contribution in [0.25, 0.3) is 10.6 Å². The molecular weight excluding hydrogens is 338 g/mol. The fourth-order valence-corrected chi connectivity index (χ4v) is 3.97. The predicted molar refractivity (Wildman–Crippen MR) is 100 cm³/mol. The van der Waals surface area contributed by atoms with Gasteiger partial charge in [-0.25, -0.2) is 4.98 Å². The summed E-state index contributed by atoms with van der Waals surface area (Å²) in [6.45, 7) is 1.62. The number of benzene rings is 1. The van der Waals surface area contributed by atoms with Crippen molar-refractivity contribution in [2.24, 2.45) is 0 Å². The van der Waals surface area contributed by atoms with Gasteiger partial charge in [-0.2, -0.15) is 11.3 Å². The monoisotopic (exact) mass is 357 g/mol. The van der Waals surface area contributed by atoms with E-state index in [1.54, 1.807) is 29.7 Å². The zero-order chi connectivity index (χ0) is 16.9. The highest BCUT2D eigenvalue weighted by Crippen LogP contribution is 2.26. The molecule has 1 amide bonds. The molecule has 0 fully saturated rings. The van der Waals surface area contributed by atoms with Gasteiger partial charge in [0.25, 0.3) is 5.91 Å². The Morgan fingerprint density at radius 2 is 1.96 bits per heavy atom. The first kappa shape index (κ1) is 16.8. The maximum atomic E-state index is 11.6. The molecule has 0 saturated carbocycles. The molecule has 3 rings (SSSR count). The second-order valence-electron chi connectivity index (χ2n) is 5.60. The van der Waals surface area contributed by atoms with E-state index in [2.05, 4.69) is 39.5 Å². The van der Waals surface area contributed by atoms with E-state index >= 15 is 0 Å². The fourth-order valence-electron chi connectivity index (χ4n) is 2.45. The number of hydrogen-bond acceptors (Lipinski definition) is 5. The van der Waals surface area contributed by atoms with Crippen molar-refractivity contribution in [3.63, 3.8) is 0 Å². The molecule has 0 radical (unpaired) electrons. The van der Waals surface area contributed by atoms with E-state index in [0.29, 0.717) is 5.56 Å². The van der Waals surface area contributed by atoms with Crippen LogP contribution >= 0.6 is 22.7 Å². The average Bonchev–Trinajstić information content (AvgIpc) is 3.26. The van der Waals surface area contributed by atoms with E-state index in [-0.39, 0.29) is 5.91 Å². The summed E-state index contributed by atoms with van der Waals surface area (Å²) < 4.78 is 0. The van der Waals surface area contributed by atoms with Gasteiger partial charge in [-0.05, 0) is 36.2 Å². The molecule has 2 heterocycles. The van der Waals surface area contributed by atoms with Gasteiger partial charge in [0.2, 0.25) is 0 Å². The van der Waals surface area contributed by atoms with Crippen molar-refractivity contribution in [1.29, 1.82) is 0 Å². The third-order valence-corrected chi connectivity index (χ3v) is 5.27. The Labute approximate surface area is 149 Å². The van der Waals surface area contributed by atoms with Gasteiger partial charge >= 0.3 is 0 Å². The number of amides is 1. The summed E-state index contributed by atoms with van der Waals surface area (Å²) >= 11 is 3.38. The van der Waals surface area contributed by atoms with Crippen LogP contribution in [0.3, 0.4) is 0 Å². The molecule has 0 aliphatic carbocycles. The molecule has 4 nitrogen and oxygen atoms in total. The van der Waals surface area contributed by atoms with Crippen LogP contribution in [0.15, 0.2) is 46.5 Å². The quantitative estimate of drug-likeness (QED) is 0.728. The minimum absolute atomic E-state index is 0.0571. The predicted octanol–water partition coefficient (Wildman–Crippen LogP) is 3.86. The van der Waals surface area contributed by atoms with E-state index in [0.717, 1.165) is 23.8 Å². The maximum Gasteiger partial charge on any atom is 0.251 e. The second kappa shape index (κ2) is 7.70. The first-order chi connectivity index (χ1) is 11.7. The van der Waals surface area contributed by atoms with Gasteiger partial charge in [-0.3, -0.25) is 9.69 Å². The summed E-state index contributed by atoms with van der Waals surface area (Å²) in [4.78, 5) is 18.5. The Morgan fingerprint density at radius 3 is 2.62 bits per heavy atom. The molecule has 0 atom stereocenters. The average molecular weight is 358 g/mol.